The number of carboxylic acid groups (broad SMARTS) is 1. The maximum atomic E-state index is 14.4. The van der Waals surface area contributed by atoms with E-state index in [1.54, 1.807) is 18.0 Å². The molecule has 2 aliphatic rings. The molecule has 1 saturated heterocycles. The third kappa shape index (κ3) is 4.57. The van der Waals surface area contributed by atoms with Crippen molar-refractivity contribution in [1.82, 2.24) is 9.80 Å². The SMILES string of the molecule is C=C1c2cc(Cl)cc([C@@H](Nc3ccccc3C(=O)O)C(F)(F)F)c2N=C(N2CCCCC2)N1C. The Morgan fingerprint density at radius 1 is 1.21 bits per heavy atom. The van der Waals surface area contributed by atoms with Crippen LogP contribution in [0.1, 0.15) is 46.8 Å². The summed E-state index contributed by atoms with van der Waals surface area (Å²) in [5.41, 5.74) is 0.386. The molecule has 0 spiro atoms. The molecule has 0 amide bonds. The summed E-state index contributed by atoms with van der Waals surface area (Å²) in [6, 6.07) is 6.00. The van der Waals surface area contributed by atoms with Gasteiger partial charge in [-0.1, -0.05) is 30.3 Å². The highest BCUT2D eigenvalue weighted by Gasteiger charge is 2.44. The van der Waals surface area contributed by atoms with E-state index in [-0.39, 0.29) is 27.5 Å². The van der Waals surface area contributed by atoms with Gasteiger partial charge < -0.3 is 20.2 Å². The molecule has 1 atom stereocenters. The molecule has 10 heteroatoms. The molecule has 2 aromatic rings. The third-order valence-electron chi connectivity index (χ3n) is 6.07. The van der Waals surface area contributed by atoms with Crippen molar-refractivity contribution in [2.45, 2.75) is 31.5 Å². The maximum Gasteiger partial charge on any atom is 0.412 e. The number of carboxylic acids is 1. The second-order valence-electron chi connectivity index (χ2n) is 8.33. The van der Waals surface area contributed by atoms with Crippen LogP contribution < -0.4 is 5.32 Å². The number of nitrogens with one attached hydrogen (secondary N) is 1. The van der Waals surface area contributed by atoms with E-state index in [0.717, 1.165) is 32.4 Å². The molecule has 1 fully saturated rings. The van der Waals surface area contributed by atoms with Crippen molar-refractivity contribution in [3.63, 3.8) is 0 Å². The molecule has 0 aliphatic carbocycles. The highest BCUT2D eigenvalue weighted by molar-refractivity contribution is 6.31. The molecule has 34 heavy (non-hydrogen) atoms. The summed E-state index contributed by atoms with van der Waals surface area (Å²) in [5, 5.41) is 11.9. The number of carbonyl (C=O) groups is 1. The van der Waals surface area contributed by atoms with Crippen LogP contribution in [-0.2, 0) is 0 Å². The van der Waals surface area contributed by atoms with E-state index in [0.29, 0.717) is 17.2 Å². The number of hydrogen-bond donors (Lipinski definition) is 2. The Bertz CT molecular complexity index is 1160. The van der Waals surface area contributed by atoms with E-state index >= 15 is 0 Å². The zero-order chi connectivity index (χ0) is 24.6. The normalized spacial score (nSPS) is 17.2. The van der Waals surface area contributed by atoms with Crippen LogP contribution in [-0.4, -0.2) is 53.1 Å². The molecule has 0 saturated carbocycles. The van der Waals surface area contributed by atoms with Gasteiger partial charge in [0, 0.05) is 47.7 Å². The third-order valence-corrected chi connectivity index (χ3v) is 6.28. The van der Waals surface area contributed by atoms with Crippen molar-refractivity contribution < 1.29 is 23.1 Å². The lowest BCUT2D eigenvalue weighted by Gasteiger charge is -2.39. The average Bonchev–Trinajstić information content (AvgIpc) is 2.79. The number of aromatic carboxylic acids is 1. The summed E-state index contributed by atoms with van der Waals surface area (Å²) < 4.78 is 43.2. The van der Waals surface area contributed by atoms with Crippen LogP contribution in [0.25, 0.3) is 5.70 Å². The van der Waals surface area contributed by atoms with Crippen LogP contribution in [0.3, 0.4) is 0 Å². The Labute approximate surface area is 200 Å². The van der Waals surface area contributed by atoms with Crippen LogP contribution in [0, 0.1) is 0 Å². The van der Waals surface area contributed by atoms with Crippen molar-refractivity contribution >= 4 is 40.6 Å². The van der Waals surface area contributed by atoms with Crippen molar-refractivity contribution in [3.05, 3.63) is 64.7 Å². The van der Waals surface area contributed by atoms with Crippen LogP contribution in [0.2, 0.25) is 5.02 Å². The number of aliphatic imine (C=N–C) groups is 1. The van der Waals surface area contributed by atoms with Crippen LogP contribution >= 0.6 is 11.6 Å². The Morgan fingerprint density at radius 3 is 2.53 bits per heavy atom. The highest BCUT2D eigenvalue weighted by atomic mass is 35.5. The second kappa shape index (κ2) is 9.21. The van der Waals surface area contributed by atoms with Gasteiger partial charge in [0.1, 0.15) is 0 Å². The number of fused-ring (bicyclic) bond motifs is 1. The van der Waals surface area contributed by atoms with Gasteiger partial charge in [0.2, 0.25) is 5.96 Å². The Hall–Kier alpha value is -3.20. The van der Waals surface area contributed by atoms with Gasteiger partial charge >= 0.3 is 12.1 Å². The largest absolute Gasteiger partial charge is 0.478 e. The van der Waals surface area contributed by atoms with Gasteiger partial charge in [-0.3, -0.25) is 0 Å². The smallest absolute Gasteiger partial charge is 0.412 e. The number of anilines is 1. The van der Waals surface area contributed by atoms with E-state index in [2.05, 4.69) is 16.9 Å². The quantitative estimate of drug-likeness (QED) is 0.536. The first-order valence-electron chi connectivity index (χ1n) is 10.8. The second-order valence-corrected chi connectivity index (χ2v) is 8.76. The molecule has 2 aliphatic heterocycles. The Morgan fingerprint density at radius 2 is 1.88 bits per heavy atom. The number of nitrogens with zero attached hydrogens (tertiary/aromatic N) is 3. The molecule has 6 nitrogen and oxygen atoms in total. The van der Waals surface area contributed by atoms with E-state index in [1.807, 2.05) is 4.90 Å². The summed E-state index contributed by atoms with van der Waals surface area (Å²) in [6.45, 7) is 5.59. The molecule has 0 bridgehead atoms. The number of rotatable bonds is 4. The van der Waals surface area contributed by atoms with Gasteiger partial charge in [0.15, 0.2) is 6.04 Å². The summed E-state index contributed by atoms with van der Waals surface area (Å²) in [6.07, 6.45) is -1.73. The van der Waals surface area contributed by atoms with E-state index in [9.17, 15) is 23.1 Å². The first-order chi connectivity index (χ1) is 16.1. The van der Waals surface area contributed by atoms with Gasteiger partial charge in [0.05, 0.1) is 11.3 Å². The van der Waals surface area contributed by atoms with E-state index in [1.165, 1.54) is 30.3 Å². The van der Waals surface area contributed by atoms with Gasteiger partial charge in [0.25, 0.3) is 0 Å². The monoisotopic (exact) mass is 492 g/mol. The fraction of sp³-hybridized carbons (Fsp3) is 0.333. The molecular weight excluding hydrogens is 469 g/mol. The minimum atomic E-state index is -4.77. The fourth-order valence-corrected chi connectivity index (χ4v) is 4.55. The summed E-state index contributed by atoms with van der Waals surface area (Å²) in [4.78, 5) is 20.1. The lowest BCUT2D eigenvalue weighted by atomic mass is 9.96. The van der Waals surface area contributed by atoms with Crippen LogP contribution in [0.15, 0.2) is 48.0 Å². The molecule has 4 rings (SSSR count). The number of hydrogen-bond acceptors (Lipinski definition) is 5. The fourth-order valence-electron chi connectivity index (χ4n) is 4.33. The highest BCUT2D eigenvalue weighted by Crippen LogP contribution is 2.46. The lowest BCUT2D eigenvalue weighted by molar-refractivity contribution is -0.143. The number of likely N-dealkylation sites (tertiary alicyclic amines) is 1. The number of alkyl halides is 3. The number of guanidine groups is 1. The number of piperidine rings is 1. The van der Waals surface area contributed by atoms with E-state index in [4.69, 9.17) is 11.6 Å². The molecule has 2 aromatic carbocycles. The first kappa shape index (κ1) is 23.9. The summed E-state index contributed by atoms with van der Waals surface area (Å²) in [7, 11) is 1.78. The van der Waals surface area contributed by atoms with E-state index < -0.39 is 18.2 Å². The van der Waals surface area contributed by atoms with Crippen molar-refractivity contribution in [2.75, 3.05) is 25.5 Å². The minimum absolute atomic E-state index is 0.0995. The van der Waals surface area contributed by atoms with Crippen LogP contribution in [0.4, 0.5) is 24.5 Å². The van der Waals surface area contributed by atoms with Gasteiger partial charge in [-0.15, -0.1) is 0 Å². The molecule has 0 radical (unpaired) electrons. The summed E-state index contributed by atoms with van der Waals surface area (Å²) >= 11 is 6.25. The minimum Gasteiger partial charge on any atom is -0.478 e. The molecule has 0 unspecified atom stereocenters. The first-order valence-corrected chi connectivity index (χ1v) is 11.2. The molecule has 2 heterocycles. The van der Waals surface area contributed by atoms with Crippen molar-refractivity contribution in [1.29, 1.82) is 0 Å². The van der Waals surface area contributed by atoms with Gasteiger partial charge in [-0.2, -0.15) is 13.2 Å². The zero-order valence-corrected chi connectivity index (χ0v) is 19.2. The predicted molar refractivity (Wildman–Crippen MR) is 127 cm³/mol. The van der Waals surface area contributed by atoms with Crippen LogP contribution in [0.5, 0.6) is 0 Å². The van der Waals surface area contributed by atoms with Gasteiger partial charge in [-0.05, 0) is 43.5 Å². The molecule has 2 N–H and O–H groups in total. The molecule has 0 aromatic heterocycles. The lowest BCUT2D eigenvalue weighted by Crippen LogP contribution is -2.45. The number of benzene rings is 2. The van der Waals surface area contributed by atoms with Gasteiger partial charge in [-0.25, -0.2) is 9.79 Å². The topological polar surface area (TPSA) is 68.2 Å². The Kier molecular flexibility index (Phi) is 6.49. The maximum absolute atomic E-state index is 14.4. The Balaban J connectivity index is 1.87. The van der Waals surface area contributed by atoms with Crippen molar-refractivity contribution in [2.24, 2.45) is 4.99 Å². The number of halogens is 4. The molecular formula is C24H24ClF3N4O2. The zero-order valence-electron chi connectivity index (χ0n) is 18.5. The molecule has 180 valence electrons. The summed E-state index contributed by atoms with van der Waals surface area (Å²) in [5.74, 6) is -0.801. The average molecular weight is 493 g/mol. The number of para-hydroxylation sites is 1. The predicted octanol–water partition coefficient (Wildman–Crippen LogP) is 6.14. The van der Waals surface area contributed by atoms with Crippen molar-refractivity contribution in [3.8, 4) is 0 Å². The standard InChI is InChI=1S/C24H24ClF3N4O2/c1-14-17-12-15(25)13-18(20(17)30-23(31(14)2)32-10-6-3-7-11-32)21(24(26,27)28)29-19-9-5-4-8-16(19)22(33)34/h4-5,8-9,12-13,21,29H,1,3,6-7,10-11H2,2H3,(H,33,34)/t21-/m1/s1.